The fourth-order valence-electron chi connectivity index (χ4n) is 1.82. The summed E-state index contributed by atoms with van der Waals surface area (Å²) in [6.45, 7) is 6.12. The van der Waals surface area contributed by atoms with Crippen molar-refractivity contribution in [2.24, 2.45) is 0 Å². The molecule has 0 bridgehead atoms. The molecule has 0 aliphatic heterocycles. The van der Waals surface area contributed by atoms with E-state index in [0.717, 1.165) is 5.56 Å². The Kier molecular flexibility index (Phi) is 3.36. The molecule has 1 aromatic carbocycles. The maximum Gasteiger partial charge on any atom is 0.265 e. The summed E-state index contributed by atoms with van der Waals surface area (Å²) in [5, 5.41) is 6.15. The fraction of sp³-hybridized carbons (Fsp3) is 0.308. The monoisotopic (exact) mass is 279 g/mol. The van der Waals surface area contributed by atoms with E-state index in [0.29, 0.717) is 5.69 Å². The molecule has 1 aromatic heterocycles. The minimum atomic E-state index is -3.60. The van der Waals surface area contributed by atoms with Crippen LogP contribution in [0.25, 0.3) is 0 Å². The number of sulfonamides is 1. The molecule has 19 heavy (non-hydrogen) atoms. The smallest absolute Gasteiger partial charge is 0.265 e. The Morgan fingerprint density at radius 2 is 1.89 bits per heavy atom. The van der Waals surface area contributed by atoms with Crippen LogP contribution in [-0.2, 0) is 15.4 Å². The van der Waals surface area contributed by atoms with Gasteiger partial charge in [0.15, 0.2) is 0 Å². The lowest BCUT2D eigenvalue weighted by Gasteiger charge is -2.23. The molecule has 6 heteroatoms. The number of rotatable bonds is 3. The summed E-state index contributed by atoms with van der Waals surface area (Å²) in [6.07, 6.45) is 2.63. The van der Waals surface area contributed by atoms with Crippen LogP contribution in [0.3, 0.4) is 0 Å². The molecule has 0 atom stereocenters. The number of para-hydroxylation sites is 1. The third kappa shape index (κ3) is 2.96. The van der Waals surface area contributed by atoms with Gasteiger partial charge in [0, 0.05) is 6.20 Å². The van der Waals surface area contributed by atoms with Crippen molar-refractivity contribution in [3.8, 4) is 0 Å². The highest BCUT2D eigenvalue weighted by molar-refractivity contribution is 7.92. The van der Waals surface area contributed by atoms with Crippen molar-refractivity contribution < 1.29 is 8.42 Å². The number of hydrogen-bond donors (Lipinski definition) is 2. The fourth-order valence-corrected chi connectivity index (χ4v) is 2.80. The summed E-state index contributed by atoms with van der Waals surface area (Å²) in [6, 6.07) is 7.39. The molecule has 0 fully saturated rings. The van der Waals surface area contributed by atoms with Gasteiger partial charge in [-0.3, -0.25) is 9.82 Å². The third-order valence-electron chi connectivity index (χ3n) is 2.76. The number of aromatic amines is 1. The van der Waals surface area contributed by atoms with Crippen molar-refractivity contribution in [2.45, 2.75) is 31.1 Å². The first-order valence-electron chi connectivity index (χ1n) is 5.92. The van der Waals surface area contributed by atoms with E-state index in [1.165, 1.54) is 12.4 Å². The van der Waals surface area contributed by atoms with Gasteiger partial charge >= 0.3 is 0 Å². The minimum absolute atomic E-state index is 0.121. The van der Waals surface area contributed by atoms with Gasteiger partial charge in [0.2, 0.25) is 0 Å². The van der Waals surface area contributed by atoms with Gasteiger partial charge in [-0.1, -0.05) is 39.0 Å². The predicted octanol–water partition coefficient (Wildman–Crippen LogP) is 2.51. The van der Waals surface area contributed by atoms with Crippen LogP contribution in [0.1, 0.15) is 26.3 Å². The van der Waals surface area contributed by atoms with Crippen molar-refractivity contribution in [2.75, 3.05) is 4.72 Å². The highest BCUT2D eigenvalue weighted by Crippen LogP contribution is 2.30. The normalized spacial score (nSPS) is 12.4. The summed E-state index contributed by atoms with van der Waals surface area (Å²) in [5.41, 5.74) is 1.40. The molecular formula is C13H17N3O2S. The van der Waals surface area contributed by atoms with E-state index < -0.39 is 10.0 Å². The van der Waals surface area contributed by atoms with Gasteiger partial charge in [0.05, 0.1) is 11.9 Å². The van der Waals surface area contributed by atoms with Crippen molar-refractivity contribution in [1.82, 2.24) is 10.2 Å². The molecule has 1 heterocycles. The summed E-state index contributed by atoms with van der Waals surface area (Å²) >= 11 is 0. The Morgan fingerprint density at radius 1 is 1.21 bits per heavy atom. The molecule has 0 radical (unpaired) electrons. The van der Waals surface area contributed by atoms with Crippen LogP contribution in [-0.4, -0.2) is 18.6 Å². The van der Waals surface area contributed by atoms with Gasteiger partial charge in [-0.2, -0.15) is 5.10 Å². The number of aromatic nitrogens is 2. The summed E-state index contributed by atoms with van der Waals surface area (Å²) in [5.74, 6) is 0. The van der Waals surface area contributed by atoms with Crippen molar-refractivity contribution in [3.05, 3.63) is 42.2 Å². The molecule has 5 nitrogen and oxygen atoms in total. The van der Waals surface area contributed by atoms with Gasteiger partial charge in [-0.15, -0.1) is 0 Å². The van der Waals surface area contributed by atoms with Gasteiger partial charge < -0.3 is 0 Å². The van der Waals surface area contributed by atoms with E-state index in [4.69, 9.17) is 0 Å². The molecule has 2 N–H and O–H groups in total. The zero-order valence-corrected chi connectivity index (χ0v) is 12.0. The second kappa shape index (κ2) is 4.70. The SMILES string of the molecule is CC(C)(C)c1ccccc1NS(=O)(=O)c1cn[nH]c1. The van der Waals surface area contributed by atoms with Crippen LogP contribution in [0.15, 0.2) is 41.6 Å². The standard InChI is InChI=1S/C13H17N3O2S/c1-13(2,3)11-6-4-5-7-12(11)16-19(17,18)10-8-14-15-9-10/h4-9,16H,1-3H3,(H,14,15). The van der Waals surface area contributed by atoms with Crippen molar-refractivity contribution in [3.63, 3.8) is 0 Å². The number of hydrogen-bond acceptors (Lipinski definition) is 3. The maximum absolute atomic E-state index is 12.2. The zero-order valence-electron chi connectivity index (χ0n) is 11.1. The average molecular weight is 279 g/mol. The number of anilines is 1. The molecule has 2 aromatic rings. The molecule has 0 spiro atoms. The second-order valence-electron chi connectivity index (χ2n) is 5.34. The number of nitrogens with zero attached hydrogens (tertiary/aromatic N) is 1. The molecular weight excluding hydrogens is 262 g/mol. The number of benzene rings is 1. The Morgan fingerprint density at radius 3 is 2.47 bits per heavy atom. The van der Waals surface area contributed by atoms with Gasteiger partial charge in [0.25, 0.3) is 10.0 Å². The van der Waals surface area contributed by atoms with Crippen LogP contribution in [0.2, 0.25) is 0 Å². The number of H-pyrrole nitrogens is 1. The minimum Gasteiger partial charge on any atom is -0.284 e. The van der Waals surface area contributed by atoms with Crippen molar-refractivity contribution >= 4 is 15.7 Å². The quantitative estimate of drug-likeness (QED) is 0.906. The number of nitrogens with one attached hydrogen (secondary N) is 2. The van der Waals surface area contributed by atoms with E-state index in [2.05, 4.69) is 14.9 Å². The Balaban J connectivity index is 2.40. The lowest BCUT2D eigenvalue weighted by molar-refractivity contribution is 0.590. The van der Waals surface area contributed by atoms with E-state index in [9.17, 15) is 8.42 Å². The first-order valence-corrected chi connectivity index (χ1v) is 7.40. The highest BCUT2D eigenvalue weighted by atomic mass is 32.2. The predicted molar refractivity (Wildman–Crippen MR) is 74.5 cm³/mol. The lowest BCUT2D eigenvalue weighted by Crippen LogP contribution is -2.18. The Labute approximate surface area is 113 Å². The maximum atomic E-state index is 12.2. The van der Waals surface area contributed by atoms with Crippen LogP contribution >= 0.6 is 0 Å². The topological polar surface area (TPSA) is 74.8 Å². The summed E-state index contributed by atoms with van der Waals surface area (Å²) < 4.78 is 26.9. The molecule has 0 aliphatic carbocycles. The molecule has 0 aliphatic rings. The first-order chi connectivity index (χ1) is 8.81. The summed E-state index contributed by atoms with van der Waals surface area (Å²) in [7, 11) is -3.60. The van der Waals surface area contributed by atoms with E-state index >= 15 is 0 Å². The second-order valence-corrected chi connectivity index (χ2v) is 7.02. The van der Waals surface area contributed by atoms with Crippen LogP contribution in [0.4, 0.5) is 5.69 Å². The van der Waals surface area contributed by atoms with Crippen LogP contribution < -0.4 is 4.72 Å². The van der Waals surface area contributed by atoms with Gasteiger partial charge in [-0.25, -0.2) is 8.42 Å². The van der Waals surface area contributed by atoms with Crippen LogP contribution in [0, 0.1) is 0 Å². The van der Waals surface area contributed by atoms with Gasteiger partial charge in [-0.05, 0) is 17.0 Å². The first kappa shape index (κ1) is 13.6. The van der Waals surface area contributed by atoms with E-state index in [1.807, 2.05) is 39.0 Å². The lowest BCUT2D eigenvalue weighted by atomic mass is 9.86. The molecule has 0 saturated carbocycles. The Hall–Kier alpha value is -1.82. The average Bonchev–Trinajstić information content (AvgIpc) is 2.81. The molecule has 102 valence electrons. The van der Waals surface area contributed by atoms with E-state index in [-0.39, 0.29) is 10.3 Å². The van der Waals surface area contributed by atoms with E-state index in [1.54, 1.807) is 6.07 Å². The van der Waals surface area contributed by atoms with Crippen molar-refractivity contribution in [1.29, 1.82) is 0 Å². The van der Waals surface area contributed by atoms with Gasteiger partial charge in [0.1, 0.15) is 4.90 Å². The third-order valence-corrected chi connectivity index (χ3v) is 4.10. The molecule has 0 unspecified atom stereocenters. The molecule has 0 amide bonds. The zero-order chi connectivity index (χ0) is 14.1. The summed E-state index contributed by atoms with van der Waals surface area (Å²) in [4.78, 5) is 0.121. The Bertz CT molecular complexity index is 655. The molecule has 0 saturated heterocycles. The largest absolute Gasteiger partial charge is 0.284 e. The molecule has 2 rings (SSSR count). The van der Waals surface area contributed by atoms with Crippen LogP contribution in [0.5, 0.6) is 0 Å². The highest BCUT2D eigenvalue weighted by Gasteiger charge is 2.21.